The summed E-state index contributed by atoms with van der Waals surface area (Å²) in [6, 6.07) is 1.83. The third-order valence-electron chi connectivity index (χ3n) is 2.20. The maximum absolute atomic E-state index is 5.83. The van der Waals surface area contributed by atoms with Crippen molar-refractivity contribution in [2.24, 2.45) is 0 Å². The van der Waals surface area contributed by atoms with Crippen LogP contribution in [0.2, 0.25) is 5.15 Å². The van der Waals surface area contributed by atoms with Crippen molar-refractivity contribution in [3.05, 3.63) is 22.3 Å². The lowest BCUT2D eigenvalue weighted by Crippen LogP contribution is -1.95. The Bertz CT molecular complexity index is 341. The van der Waals surface area contributed by atoms with Crippen LogP contribution in [0, 0.1) is 0 Å². The Morgan fingerprint density at radius 1 is 1.69 bits per heavy atom. The van der Waals surface area contributed by atoms with Crippen LogP contribution in [0.4, 0.5) is 0 Å². The van der Waals surface area contributed by atoms with Gasteiger partial charge >= 0.3 is 0 Å². The van der Waals surface area contributed by atoms with Gasteiger partial charge in [-0.15, -0.1) is 0 Å². The van der Waals surface area contributed by atoms with Crippen molar-refractivity contribution in [1.29, 1.82) is 0 Å². The van der Waals surface area contributed by atoms with Gasteiger partial charge in [0.1, 0.15) is 5.15 Å². The first-order valence-corrected chi connectivity index (χ1v) is 4.45. The van der Waals surface area contributed by atoms with Crippen molar-refractivity contribution < 1.29 is 9.47 Å². The number of nitrogens with zero attached hydrogens (tertiary/aromatic N) is 1. The molecule has 0 bridgehead atoms. The highest BCUT2D eigenvalue weighted by molar-refractivity contribution is 6.29. The van der Waals surface area contributed by atoms with Crippen LogP contribution in [0.25, 0.3) is 0 Å². The van der Waals surface area contributed by atoms with Crippen LogP contribution < -0.4 is 4.74 Å². The van der Waals surface area contributed by atoms with E-state index in [2.05, 4.69) is 4.98 Å². The van der Waals surface area contributed by atoms with E-state index >= 15 is 0 Å². The van der Waals surface area contributed by atoms with Crippen LogP contribution >= 0.6 is 11.6 Å². The van der Waals surface area contributed by atoms with Gasteiger partial charge in [-0.2, -0.15) is 0 Å². The van der Waals surface area contributed by atoms with E-state index in [0.29, 0.717) is 17.6 Å². The van der Waals surface area contributed by atoms with Gasteiger partial charge in [0.25, 0.3) is 0 Å². The highest BCUT2D eigenvalue weighted by Gasteiger charge is 2.24. The Balaban J connectivity index is 2.56. The summed E-state index contributed by atoms with van der Waals surface area (Å²) in [5.41, 5.74) is 2.09. The molecule has 2 rings (SSSR count). The van der Waals surface area contributed by atoms with E-state index in [1.54, 1.807) is 7.11 Å². The molecular weight excluding hydrogens is 190 g/mol. The number of pyridine rings is 1. The molecule has 13 heavy (non-hydrogen) atoms. The summed E-state index contributed by atoms with van der Waals surface area (Å²) in [5, 5.41) is 0.452. The van der Waals surface area contributed by atoms with Crippen LogP contribution in [0.1, 0.15) is 24.2 Å². The zero-order valence-corrected chi connectivity index (χ0v) is 8.26. The molecule has 0 saturated heterocycles. The van der Waals surface area contributed by atoms with Crippen LogP contribution in [-0.4, -0.2) is 12.1 Å². The fourth-order valence-electron chi connectivity index (χ4n) is 1.51. The van der Waals surface area contributed by atoms with Gasteiger partial charge in [0.05, 0.1) is 19.8 Å². The summed E-state index contributed by atoms with van der Waals surface area (Å²) in [4.78, 5) is 4.06. The molecule has 0 fully saturated rings. The summed E-state index contributed by atoms with van der Waals surface area (Å²) in [6.45, 7) is 2.55. The molecule has 2 heterocycles. The van der Waals surface area contributed by atoms with Crippen LogP contribution in [-0.2, 0) is 11.3 Å². The lowest BCUT2D eigenvalue weighted by molar-refractivity contribution is 0.0789. The molecule has 0 radical (unpaired) electrons. The molecule has 0 amide bonds. The second-order valence-corrected chi connectivity index (χ2v) is 3.36. The largest absolute Gasteiger partial charge is 0.481 e. The molecule has 1 aliphatic heterocycles. The molecule has 0 aliphatic carbocycles. The van der Waals surface area contributed by atoms with Gasteiger partial charge in [0.15, 0.2) is 0 Å². The molecule has 1 aromatic heterocycles. The number of hydrogen-bond acceptors (Lipinski definition) is 3. The van der Waals surface area contributed by atoms with E-state index in [-0.39, 0.29) is 6.10 Å². The lowest BCUT2D eigenvalue weighted by atomic mass is 10.1. The first-order chi connectivity index (χ1) is 6.22. The van der Waals surface area contributed by atoms with Crippen molar-refractivity contribution in [3.8, 4) is 5.88 Å². The van der Waals surface area contributed by atoms with Crippen molar-refractivity contribution >= 4 is 11.6 Å². The highest BCUT2D eigenvalue weighted by atomic mass is 35.5. The maximum Gasteiger partial charge on any atom is 0.220 e. The van der Waals surface area contributed by atoms with Crippen molar-refractivity contribution in [3.63, 3.8) is 0 Å². The van der Waals surface area contributed by atoms with E-state index in [1.165, 1.54) is 0 Å². The number of methoxy groups -OCH3 is 1. The van der Waals surface area contributed by atoms with Crippen molar-refractivity contribution in [2.45, 2.75) is 19.6 Å². The summed E-state index contributed by atoms with van der Waals surface area (Å²) in [6.07, 6.45) is 0.0874. The van der Waals surface area contributed by atoms with Crippen molar-refractivity contribution in [2.75, 3.05) is 7.11 Å². The molecule has 3 nitrogen and oxygen atoms in total. The zero-order valence-electron chi connectivity index (χ0n) is 7.50. The molecular formula is C9H10ClNO2. The van der Waals surface area contributed by atoms with E-state index < -0.39 is 0 Å². The van der Waals surface area contributed by atoms with Gasteiger partial charge in [-0.1, -0.05) is 11.6 Å². The SMILES string of the molecule is COc1nc(Cl)cc2c1COC2C. The second kappa shape index (κ2) is 3.16. The van der Waals surface area contributed by atoms with Crippen LogP contribution in [0.15, 0.2) is 6.07 Å². The first kappa shape index (κ1) is 8.78. The van der Waals surface area contributed by atoms with Gasteiger partial charge in [-0.3, -0.25) is 0 Å². The molecule has 1 atom stereocenters. The van der Waals surface area contributed by atoms with Gasteiger partial charge in [-0.25, -0.2) is 4.98 Å². The topological polar surface area (TPSA) is 31.4 Å². The average Bonchev–Trinajstić information content (AvgIpc) is 2.47. The Hall–Kier alpha value is -0.800. The van der Waals surface area contributed by atoms with Crippen LogP contribution in [0.5, 0.6) is 5.88 Å². The Kier molecular flexibility index (Phi) is 2.14. The zero-order chi connectivity index (χ0) is 9.42. The van der Waals surface area contributed by atoms with E-state index in [9.17, 15) is 0 Å². The molecule has 0 saturated carbocycles. The normalized spacial score (nSPS) is 20.1. The molecule has 4 heteroatoms. The third-order valence-corrected chi connectivity index (χ3v) is 2.39. The number of hydrogen-bond donors (Lipinski definition) is 0. The first-order valence-electron chi connectivity index (χ1n) is 4.07. The number of aromatic nitrogens is 1. The van der Waals surface area contributed by atoms with E-state index in [0.717, 1.165) is 11.1 Å². The predicted octanol–water partition coefficient (Wildman–Crippen LogP) is 2.33. The third kappa shape index (κ3) is 1.38. The smallest absolute Gasteiger partial charge is 0.220 e. The maximum atomic E-state index is 5.83. The molecule has 1 aliphatic rings. The van der Waals surface area contributed by atoms with E-state index in [4.69, 9.17) is 21.1 Å². The predicted molar refractivity (Wildman–Crippen MR) is 49.0 cm³/mol. The fraction of sp³-hybridized carbons (Fsp3) is 0.444. The lowest BCUT2D eigenvalue weighted by Gasteiger charge is -2.06. The van der Waals surface area contributed by atoms with Crippen LogP contribution in [0.3, 0.4) is 0 Å². The molecule has 70 valence electrons. The highest BCUT2D eigenvalue weighted by Crippen LogP contribution is 2.36. The van der Waals surface area contributed by atoms with Gasteiger partial charge in [0.2, 0.25) is 5.88 Å². The summed E-state index contributed by atoms with van der Waals surface area (Å²) in [5.74, 6) is 0.576. The Morgan fingerprint density at radius 3 is 3.15 bits per heavy atom. The monoisotopic (exact) mass is 199 g/mol. The number of rotatable bonds is 1. The quantitative estimate of drug-likeness (QED) is 0.651. The minimum atomic E-state index is 0.0874. The Labute approximate surface area is 81.6 Å². The number of ether oxygens (including phenoxy) is 2. The summed E-state index contributed by atoms with van der Waals surface area (Å²) < 4.78 is 10.6. The molecule has 1 unspecified atom stereocenters. The Morgan fingerprint density at radius 2 is 2.46 bits per heavy atom. The second-order valence-electron chi connectivity index (χ2n) is 2.98. The minimum absolute atomic E-state index is 0.0874. The summed E-state index contributed by atoms with van der Waals surface area (Å²) in [7, 11) is 1.59. The summed E-state index contributed by atoms with van der Waals surface area (Å²) >= 11 is 5.83. The average molecular weight is 200 g/mol. The van der Waals surface area contributed by atoms with Crippen molar-refractivity contribution in [1.82, 2.24) is 4.98 Å². The van der Waals surface area contributed by atoms with Gasteiger partial charge in [0, 0.05) is 5.56 Å². The number of fused-ring (bicyclic) bond motifs is 1. The molecule has 0 aromatic carbocycles. The van der Waals surface area contributed by atoms with Gasteiger partial charge in [-0.05, 0) is 18.6 Å². The molecule has 0 spiro atoms. The van der Waals surface area contributed by atoms with E-state index in [1.807, 2.05) is 13.0 Å². The molecule has 1 aromatic rings. The fourth-order valence-corrected chi connectivity index (χ4v) is 1.70. The molecule has 0 N–H and O–H groups in total. The number of halogens is 1. The standard InChI is InChI=1S/C9H10ClNO2/c1-5-6-3-8(10)11-9(12-2)7(6)4-13-5/h3,5H,4H2,1-2H3. The van der Waals surface area contributed by atoms with Gasteiger partial charge < -0.3 is 9.47 Å². The minimum Gasteiger partial charge on any atom is -0.481 e.